The van der Waals surface area contributed by atoms with Crippen molar-refractivity contribution in [1.82, 2.24) is 5.32 Å². The van der Waals surface area contributed by atoms with Crippen LogP contribution in [0.2, 0.25) is 0 Å². The molecule has 0 atom stereocenters. The lowest BCUT2D eigenvalue weighted by molar-refractivity contribution is 0.201. The van der Waals surface area contributed by atoms with Gasteiger partial charge in [-0.05, 0) is 17.8 Å². The number of rotatable bonds is 6. The molecule has 0 unspecified atom stereocenters. The first kappa shape index (κ1) is 12.6. The Bertz CT molecular complexity index is 172. The molecular weight excluding hydrogens is 214 g/mol. The van der Waals surface area contributed by atoms with Crippen LogP contribution in [0.1, 0.15) is 51.4 Å². The van der Waals surface area contributed by atoms with Crippen molar-refractivity contribution in [1.29, 1.82) is 0 Å². The summed E-state index contributed by atoms with van der Waals surface area (Å²) in [6.45, 7) is 1.99. The predicted molar refractivity (Wildman–Crippen MR) is 71.3 cm³/mol. The monoisotopic (exact) mass is 241 g/mol. The van der Waals surface area contributed by atoms with E-state index in [0.29, 0.717) is 0 Å². The van der Waals surface area contributed by atoms with E-state index in [1.165, 1.54) is 57.9 Å². The minimum Gasteiger partial charge on any atom is -0.415 e. The van der Waals surface area contributed by atoms with E-state index < -0.39 is 0 Å². The van der Waals surface area contributed by atoms with Gasteiger partial charge in [0.25, 0.3) is 0 Å². The molecule has 2 nitrogen and oxygen atoms in total. The summed E-state index contributed by atoms with van der Waals surface area (Å²) in [6, 6.07) is 0. The molecule has 94 valence electrons. The molecule has 0 aromatic heterocycles. The summed E-state index contributed by atoms with van der Waals surface area (Å²) in [4.78, 5) is 0. The van der Waals surface area contributed by atoms with Gasteiger partial charge >= 0.3 is 0 Å². The summed E-state index contributed by atoms with van der Waals surface area (Å²) in [6.07, 6.45) is 11.9. The first-order chi connectivity index (χ1) is 7.92. The standard InChI is InChI=1S/C13H27NOSi/c16-15-10-14-9-13(11-5-1-2-6-11)12-7-3-4-8-12/h11-14H,1-10H2,16H3. The van der Waals surface area contributed by atoms with Gasteiger partial charge in [-0.1, -0.05) is 51.4 Å². The van der Waals surface area contributed by atoms with Gasteiger partial charge in [0.15, 0.2) is 0 Å². The van der Waals surface area contributed by atoms with E-state index in [4.69, 9.17) is 4.43 Å². The van der Waals surface area contributed by atoms with Crippen LogP contribution < -0.4 is 5.32 Å². The van der Waals surface area contributed by atoms with Crippen LogP contribution in [-0.4, -0.2) is 23.8 Å². The van der Waals surface area contributed by atoms with E-state index >= 15 is 0 Å². The minimum atomic E-state index is 0.780. The summed E-state index contributed by atoms with van der Waals surface area (Å²) >= 11 is 0. The number of hydrogen-bond acceptors (Lipinski definition) is 2. The van der Waals surface area contributed by atoms with Gasteiger partial charge in [-0.2, -0.15) is 0 Å². The van der Waals surface area contributed by atoms with Crippen molar-refractivity contribution in [3.8, 4) is 0 Å². The zero-order chi connectivity index (χ0) is 11.2. The second kappa shape index (κ2) is 6.77. The maximum atomic E-state index is 5.25. The Morgan fingerprint density at radius 2 is 1.50 bits per heavy atom. The van der Waals surface area contributed by atoms with E-state index in [-0.39, 0.29) is 0 Å². The summed E-state index contributed by atoms with van der Waals surface area (Å²) in [5.41, 5.74) is 0. The molecule has 0 bridgehead atoms. The Kier molecular flexibility index (Phi) is 5.33. The molecule has 0 aliphatic heterocycles. The second-order valence-electron chi connectivity index (χ2n) is 5.64. The van der Waals surface area contributed by atoms with Crippen molar-refractivity contribution in [3.63, 3.8) is 0 Å². The lowest BCUT2D eigenvalue weighted by atomic mass is 9.79. The Morgan fingerprint density at radius 1 is 1.00 bits per heavy atom. The zero-order valence-corrected chi connectivity index (χ0v) is 12.7. The van der Waals surface area contributed by atoms with Gasteiger partial charge in [0.1, 0.15) is 10.5 Å². The number of hydrogen-bond donors (Lipinski definition) is 1. The molecule has 0 radical (unpaired) electrons. The van der Waals surface area contributed by atoms with E-state index in [9.17, 15) is 0 Å². The third kappa shape index (κ3) is 3.31. The van der Waals surface area contributed by atoms with Crippen LogP contribution in [0.15, 0.2) is 0 Å². The lowest BCUT2D eigenvalue weighted by Gasteiger charge is -2.29. The molecule has 2 saturated carbocycles. The van der Waals surface area contributed by atoms with Crippen LogP contribution in [0.3, 0.4) is 0 Å². The molecule has 2 aliphatic rings. The molecule has 2 aliphatic carbocycles. The molecule has 16 heavy (non-hydrogen) atoms. The first-order valence-electron chi connectivity index (χ1n) is 7.11. The second-order valence-corrected chi connectivity index (χ2v) is 6.22. The summed E-state index contributed by atoms with van der Waals surface area (Å²) < 4.78 is 5.25. The summed E-state index contributed by atoms with van der Waals surface area (Å²) in [5, 5.41) is 3.50. The highest BCUT2D eigenvalue weighted by molar-refractivity contribution is 5.97. The van der Waals surface area contributed by atoms with E-state index in [2.05, 4.69) is 5.32 Å². The zero-order valence-electron chi connectivity index (χ0n) is 10.7. The molecule has 2 rings (SSSR count). The molecule has 1 N–H and O–H groups in total. The molecule has 2 fully saturated rings. The SMILES string of the molecule is [SiH3]OCNCC(C1CCCC1)C1CCCC1. The summed E-state index contributed by atoms with van der Waals surface area (Å²) in [5.74, 6) is 2.98. The molecule has 0 amide bonds. The Labute approximate surface area is 103 Å². The molecule has 3 heteroatoms. The van der Waals surface area contributed by atoms with Gasteiger partial charge in [0, 0.05) is 6.54 Å². The average molecular weight is 241 g/mol. The van der Waals surface area contributed by atoms with Crippen molar-refractivity contribution in [2.45, 2.75) is 51.4 Å². The Hall–Kier alpha value is 0.137. The van der Waals surface area contributed by atoms with Crippen LogP contribution in [0.25, 0.3) is 0 Å². The third-order valence-corrected chi connectivity index (χ3v) is 4.93. The average Bonchev–Trinajstić information content (AvgIpc) is 2.97. The predicted octanol–water partition coefficient (Wildman–Crippen LogP) is 1.83. The van der Waals surface area contributed by atoms with Crippen molar-refractivity contribution in [2.24, 2.45) is 17.8 Å². The van der Waals surface area contributed by atoms with Gasteiger partial charge in [-0.25, -0.2) is 0 Å². The van der Waals surface area contributed by atoms with Crippen LogP contribution in [-0.2, 0) is 4.43 Å². The van der Waals surface area contributed by atoms with Crippen LogP contribution in [0.4, 0.5) is 0 Å². The Balaban J connectivity index is 1.83. The fraction of sp³-hybridized carbons (Fsp3) is 1.00. The van der Waals surface area contributed by atoms with Gasteiger partial charge in [-0.15, -0.1) is 0 Å². The van der Waals surface area contributed by atoms with Crippen molar-refractivity contribution in [2.75, 3.05) is 13.3 Å². The smallest absolute Gasteiger partial charge is 0.147 e. The van der Waals surface area contributed by atoms with Gasteiger partial charge in [0.05, 0.1) is 6.73 Å². The maximum Gasteiger partial charge on any atom is 0.147 e. The van der Waals surface area contributed by atoms with Crippen LogP contribution in [0, 0.1) is 17.8 Å². The largest absolute Gasteiger partial charge is 0.415 e. The lowest BCUT2D eigenvalue weighted by Crippen LogP contribution is -2.33. The van der Waals surface area contributed by atoms with E-state index in [1.807, 2.05) is 0 Å². The third-order valence-electron chi connectivity index (χ3n) is 4.64. The fourth-order valence-corrected chi connectivity index (χ4v) is 4.02. The van der Waals surface area contributed by atoms with Crippen LogP contribution >= 0.6 is 0 Å². The van der Waals surface area contributed by atoms with Gasteiger partial charge in [0.2, 0.25) is 0 Å². The topological polar surface area (TPSA) is 21.3 Å². The van der Waals surface area contributed by atoms with Crippen molar-refractivity contribution >= 4 is 10.5 Å². The highest BCUT2D eigenvalue weighted by Gasteiger charge is 2.32. The molecular formula is C13H27NOSi. The Morgan fingerprint density at radius 3 is 1.94 bits per heavy atom. The highest BCUT2D eigenvalue weighted by Crippen LogP contribution is 2.41. The normalized spacial score (nSPS) is 23.8. The van der Waals surface area contributed by atoms with Gasteiger partial charge in [-0.3, -0.25) is 5.32 Å². The number of nitrogens with one attached hydrogen (secondary N) is 1. The maximum absolute atomic E-state index is 5.25. The molecule has 0 aromatic carbocycles. The molecule has 0 saturated heterocycles. The van der Waals surface area contributed by atoms with E-state index in [0.717, 1.165) is 35.0 Å². The summed E-state index contributed by atoms with van der Waals surface area (Å²) in [7, 11) is 0.858. The highest BCUT2D eigenvalue weighted by atomic mass is 28.2. The van der Waals surface area contributed by atoms with E-state index in [1.54, 1.807) is 0 Å². The molecule has 0 spiro atoms. The quantitative estimate of drug-likeness (QED) is 0.435. The van der Waals surface area contributed by atoms with Crippen LogP contribution in [0.5, 0.6) is 0 Å². The fourth-order valence-electron chi connectivity index (χ4n) is 3.82. The van der Waals surface area contributed by atoms with Crippen molar-refractivity contribution < 1.29 is 4.43 Å². The molecule has 0 aromatic rings. The van der Waals surface area contributed by atoms with Gasteiger partial charge < -0.3 is 4.43 Å². The molecule has 0 heterocycles. The minimum absolute atomic E-state index is 0.780. The van der Waals surface area contributed by atoms with Crippen molar-refractivity contribution in [3.05, 3.63) is 0 Å². The first-order valence-corrected chi connectivity index (χ1v) is 7.93.